The summed E-state index contributed by atoms with van der Waals surface area (Å²) in [5.41, 5.74) is 1.59. The van der Waals surface area contributed by atoms with Crippen LogP contribution in [0.25, 0.3) is 0 Å². The molecular weight excluding hydrogens is 492 g/mol. The van der Waals surface area contributed by atoms with Crippen LogP contribution in [0.4, 0.5) is 11.8 Å². The molecule has 10 nitrogen and oxygen atoms in total. The van der Waals surface area contributed by atoms with Crippen molar-refractivity contribution in [1.29, 1.82) is 5.26 Å². The van der Waals surface area contributed by atoms with Crippen LogP contribution in [0.15, 0.2) is 18.5 Å². The summed E-state index contributed by atoms with van der Waals surface area (Å²) in [6.45, 7) is 2.38. The van der Waals surface area contributed by atoms with Gasteiger partial charge in [0.15, 0.2) is 0 Å². The lowest BCUT2D eigenvalue weighted by Crippen LogP contribution is -2.60. The maximum atomic E-state index is 9.85. The minimum Gasteiger partial charge on any atom is -0.480 e. The van der Waals surface area contributed by atoms with Gasteiger partial charge < -0.3 is 25.8 Å². The van der Waals surface area contributed by atoms with Gasteiger partial charge in [0.2, 0.25) is 11.8 Å². The average Bonchev–Trinajstić information content (AvgIpc) is 2.95. The highest BCUT2D eigenvalue weighted by molar-refractivity contribution is 5.53. The fourth-order valence-electron chi connectivity index (χ4n) is 8.17. The second-order valence-electron chi connectivity index (χ2n) is 12.4. The van der Waals surface area contributed by atoms with Crippen LogP contribution in [0.1, 0.15) is 68.9 Å². The Morgan fingerprint density at radius 1 is 1.13 bits per heavy atom. The van der Waals surface area contributed by atoms with E-state index < -0.39 is 0 Å². The third-order valence-corrected chi connectivity index (χ3v) is 9.79. The van der Waals surface area contributed by atoms with Gasteiger partial charge in [0, 0.05) is 24.7 Å². The molecule has 5 aliphatic carbocycles. The molecule has 0 saturated heterocycles. The first kappa shape index (κ1) is 26.2. The summed E-state index contributed by atoms with van der Waals surface area (Å²) in [6.07, 6.45) is 13.8. The fourth-order valence-corrected chi connectivity index (χ4v) is 8.17. The van der Waals surface area contributed by atoms with Crippen LogP contribution < -0.4 is 20.7 Å². The zero-order valence-corrected chi connectivity index (χ0v) is 22.8. The summed E-state index contributed by atoms with van der Waals surface area (Å²) in [4.78, 5) is 9.01. The molecule has 208 valence electrons. The predicted octanol–water partition coefficient (Wildman–Crippen LogP) is 3.51. The van der Waals surface area contributed by atoms with E-state index in [2.05, 4.69) is 42.2 Å². The van der Waals surface area contributed by atoms with Crippen LogP contribution in [0.2, 0.25) is 0 Å². The minimum atomic E-state index is -0.0831. The van der Waals surface area contributed by atoms with Crippen molar-refractivity contribution in [3.05, 3.63) is 29.6 Å². The maximum Gasteiger partial charge on any atom is 0.238 e. The third-order valence-electron chi connectivity index (χ3n) is 9.79. The number of hydrogen-bond donors (Lipinski definition) is 4. The van der Waals surface area contributed by atoms with Crippen LogP contribution >= 0.6 is 0 Å². The zero-order valence-electron chi connectivity index (χ0n) is 22.8. The molecule has 4 N–H and O–H groups in total. The lowest BCUT2D eigenvalue weighted by Gasteiger charge is -2.60. The lowest BCUT2D eigenvalue weighted by molar-refractivity contribution is -0.0704. The molecule has 5 fully saturated rings. The van der Waals surface area contributed by atoms with Gasteiger partial charge in [-0.05, 0) is 99.5 Å². The molecule has 2 aromatic heterocycles. The van der Waals surface area contributed by atoms with Crippen molar-refractivity contribution < 1.29 is 9.84 Å². The van der Waals surface area contributed by atoms with E-state index in [1.54, 1.807) is 19.5 Å². The Morgan fingerprint density at radius 3 is 2.67 bits per heavy atom. The third kappa shape index (κ3) is 5.66. The maximum absolute atomic E-state index is 9.85. The van der Waals surface area contributed by atoms with E-state index in [4.69, 9.17) is 4.74 Å². The van der Waals surface area contributed by atoms with Crippen molar-refractivity contribution >= 4 is 11.8 Å². The average molecular weight is 533 g/mol. The topological polar surface area (TPSA) is 141 Å². The van der Waals surface area contributed by atoms with Gasteiger partial charge >= 0.3 is 0 Å². The van der Waals surface area contributed by atoms with Crippen LogP contribution in [-0.2, 0) is 6.54 Å². The number of aliphatic hydroxyl groups is 1. The Hall–Kier alpha value is -3.03. The van der Waals surface area contributed by atoms with Crippen molar-refractivity contribution in [2.24, 2.45) is 29.1 Å². The van der Waals surface area contributed by atoms with Crippen LogP contribution in [0.5, 0.6) is 5.88 Å². The Morgan fingerprint density at radius 2 is 1.92 bits per heavy atom. The van der Waals surface area contributed by atoms with Gasteiger partial charge in [-0.1, -0.05) is 0 Å². The molecule has 2 heterocycles. The van der Waals surface area contributed by atoms with Crippen molar-refractivity contribution in [1.82, 2.24) is 25.5 Å². The number of nitriles is 1. The van der Waals surface area contributed by atoms with Crippen molar-refractivity contribution in [3.63, 3.8) is 0 Å². The van der Waals surface area contributed by atoms with Crippen molar-refractivity contribution in [3.8, 4) is 11.9 Å². The van der Waals surface area contributed by atoms with E-state index in [1.807, 2.05) is 6.07 Å². The number of anilines is 2. The Kier molecular flexibility index (Phi) is 7.54. The highest BCUT2D eigenvalue weighted by atomic mass is 16.5. The smallest absolute Gasteiger partial charge is 0.238 e. The zero-order chi connectivity index (χ0) is 26.8. The molecule has 5 saturated carbocycles. The predicted molar refractivity (Wildman–Crippen MR) is 147 cm³/mol. The second-order valence-corrected chi connectivity index (χ2v) is 12.4. The largest absolute Gasteiger partial charge is 0.480 e. The number of aliphatic hydroxyl groups excluding tert-OH is 1. The molecule has 0 radical (unpaired) electrons. The molecule has 4 bridgehead atoms. The molecule has 2 atom stereocenters. The summed E-state index contributed by atoms with van der Waals surface area (Å²) >= 11 is 0. The summed E-state index contributed by atoms with van der Waals surface area (Å²) in [5, 5.41) is 38.2. The van der Waals surface area contributed by atoms with Crippen LogP contribution in [-0.4, -0.2) is 57.6 Å². The van der Waals surface area contributed by atoms with Crippen LogP contribution in [0, 0.1) is 40.4 Å². The summed E-state index contributed by atoms with van der Waals surface area (Å²) in [5.74, 6) is 4.50. The van der Waals surface area contributed by atoms with Gasteiger partial charge in [0.05, 0.1) is 25.6 Å². The number of ether oxygens (including phenoxy) is 1. The van der Waals surface area contributed by atoms with Gasteiger partial charge in [0.25, 0.3) is 0 Å². The van der Waals surface area contributed by atoms with Crippen molar-refractivity contribution in [2.75, 3.05) is 30.8 Å². The van der Waals surface area contributed by atoms with E-state index >= 15 is 0 Å². The number of aromatic nitrogens is 4. The first-order chi connectivity index (χ1) is 19.0. The molecule has 0 aromatic carbocycles. The van der Waals surface area contributed by atoms with E-state index in [-0.39, 0.29) is 11.5 Å². The highest BCUT2D eigenvalue weighted by Crippen LogP contribution is 2.60. The SMILES string of the molecule is COc1nnccc1CNc1ncc(C#N)c(NCC23CC4CC(C2)C(NCC2CCC(O)CC2)C(C4)C3)n1. The Bertz CT molecular complexity index is 1180. The first-order valence-corrected chi connectivity index (χ1v) is 14.5. The summed E-state index contributed by atoms with van der Waals surface area (Å²) in [6, 6.07) is 4.73. The molecule has 10 heteroatoms. The normalized spacial score (nSPS) is 32.9. The van der Waals surface area contributed by atoms with Crippen molar-refractivity contribution in [2.45, 2.75) is 76.5 Å². The molecular formula is C29H40N8O2. The van der Waals surface area contributed by atoms with E-state index in [0.29, 0.717) is 41.7 Å². The fraction of sp³-hybridized carbons (Fsp3) is 0.690. The monoisotopic (exact) mass is 532 g/mol. The van der Waals surface area contributed by atoms with Gasteiger partial charge in [0.1, 0.15) is 17.5 Å². The number of rotatable bonds is 10. The number of methoxy groups -OCH3 is 1. The van der Waals surface area contributed by atoms with E-state index in [1.165, 1.54) is 32.1 Å². The Balaban J connectivity index is 1.08. The van der Waals surface area contributed by atoms with Gasteiger partial charge in [-0.2, -0.15) is 15.3 Å². The van der Waals surface area contributed by atoms with Gasteiger partial charge in [-0.25, -0.2) is 4.98 Å². The molecule has 0 spiro atoms. The molecule has 0 amide bonds. The minimum absolute atomic E-state index is 0.0831. The molecule has 7 rings (SSSR count). The van der Waals surface area contributed by atoms with Gasteiger partial charge in [-0.15, -0.1) is 5.10 Å². The Labute approximate surface area is 230 Å². The van der Waals surface area contributed by atoms with Crippen LogP contribution in [0.3, 0.4) is 0 Å². The summed E-state index contributed by atoms with van der Waals surface area (Å²) in [7, 11) is 1.57. The molecule has 2 aromatic rings. The number of nitrogens with zero attached hydrogens (tertiary/aromatic N) is 5. The molecule has 2 unspecified atom stereocenters. The summed E-state index contributed by atoms with van der Waals surface area (Å²) < 4.78 is 5.28. The number of hydrogen-bond acceptors (Lipinski definition) is 10. The quantitative estimate of drug-likeness (QED) is 0.359. The lowest BCUT2D eigenvalue weighted by atomic mass is 9.48. The highest BCUT2D eigenvalue weighted by Gasteiger charge is 2.55. The second kappa shape index (κ2) is 11.2. The first-order valence-electron chi connectivity index (χ1n) is 14.5. The van der Waals surface area contributed by atoms with E-state index in [0.717, 1.165) is 62.1 Å². The molecule has 5 aliphatic rings. The van der Waals surface area contributed by atoms with E-state index in [9.17, 15) is 10.4 Å². The van der Waals surface area contributed by atoms with Gasteiger partial charge in [-0.3, -0.25) is 0 Å². The molecule has 39 heavy (non-hydrogen) atoms. The standard InChI is InChI=1S/C29H40N8O2/c1-39-27-20(6-7-35-37-27)15-32-28-33-16-23(13-30)26(36-28)34-17-29-10-19-8-21(11-29)25(22(9-19)12-29)31-14-18-2-4-24(38)5-3-18/h6-7,16,18-19,21-22,24-25,31,38H,2-5,8-12,14-15,17H2,1H3,(H2,32,33,34,36). The number of nitrogens with one attached hydrogen (secondary N) is 3. The molecule has 0 aliphatic heterocycles.